The molecule has 0 radical (unpaired) electrons. The van der Waals surface area contributed by atoms with Crippen LogP contribution in [0.1, 0.15) is 39.5 Å². The van der Waals surface area contributed by atoms with Crippen LogP contribution in [0, 0.1) is 17.8 Å². The van der Waals surface area contributed by atoms with E-state index in [4.69, 9.17) is 0 Å². The average molecular weight is 178 g/mol. The molecule has 0 bridgehead atoms. The van der Waals surface area contributed by atoms with Crippen molar-refractivity contribution in [3.63, 3.8) is 0 Å². The van der Waals surface area contributed by atoms with Crippen molar-refractivity contribution in [1.82, 2.24) is 0 Å². The molecule has 13 heavy (non-hydrogen) atoms. The molecule has 0 amide bonds. The number of hydrogen-bond acceptors (Lipinski definition) is 1. The Hall–Kier alpha value is -0.590. The zero-order valence-corrected chi connectivity index (χ0v) is 8.55. The van der Waals surface area contributed by atoms with E-state index in [1.807, 2.05) is 0 Å². The number of rotatable bonds is 2. The van der Waals surface area contributed by atoms with E-state index in [9.17, 15) is 4.79 Å². The number of hydrogen-bond donors (Lipinski definition) is 0. The predicted octanol–water partition coefficient (Wildman–Crippen LogP) is 2.96. The van der Waals surface area contributed by atoms with Crippen molar-refractivity contribution >= 4 is 5.78 Å². The Balaban J connectivity index is 1.95. The van der Waals surface area contributed by atoms with E-state index in [-0.39, 0.29) is 0 Å². The van der Waals surface area contributed by atoms with Gasteiger partial charge in [-0.2, -0.15) is 0 Å². The Morgan fingerprint density at radius 2 is 2.15 bits per heavy atom. The zero-order valence-electron chi connectivity index (χ0n) is 8.55. The van der Waals surface area contributed by atoms with Crippen LogP contribution in [0.15, 0.2) is 11.6 Å². The lowest BCUT2D eigenvalue weighted by atomic mass is 10.1. The highest BCUT2D eigenvalue weighted by atomic mass is 16.1. The molecule has 2 aliphatic carbocycles. The molecule has 2 aliphatic rings. The van der Waals surface area contributed by atoms with Crippen LogP contribution >= 0.6 is 0 Å². The highest BCUT2D eigenvalue weighted by molar-refractivity contribution is 5.97. The fourth-order valence-electron chi connectivity index (χ4n) is 2.37. The van der Waals surface area contributed by atoms with Crippen molar-refractivity contribution in [2.45, 2.75) is 39.5 Å². The number of Topliss-reactive ketones (excluding diaryl/α,β-unsaturated/α-hetero) is 1. The fourth-order valence-corrected chi connectivity index (χ4v) is 2.37. The fraction of sp³-hybridized carbons (Fsp3) is 0.750. The molecule has 0 spiro atoms. The quantitative estimate of drug-likeness (QED) is 0.594. The van der Waals surface area contributed by atoms with Crippen LogP contribution in [0.2, 0.25) is 0 Å². The molecule has 0 aromatic rings. The SMILES string of the molecule is CC(C)C1CC1/C=C1\CCCC1=O. The zero-order chi connectivity index (χ0) is 9.42. The lowest BCUT2D eigenvalue weighted by Crippen LogP contribution is -1.95. The molecule has 2 saturated carbocycles. The molecule has 2 atom stereocenters. The van der Waals surface area contributed by atoms with Crippen molar-refractivity contribution in [2.75, 3.05) is 0 Å². The van der Waals surface area contributed by atoms with Gasteiger partial charge in [-0.15, -0.1) is 0 Å². The third-order valence-corrected chi connectivity index (χ3v) is 3.37. The Bertz CT molecular complexity index is 250. The lowest BCUT2D eigenvalue weighted by molar-refractivity contribution is -0.114. The topological polar surface area (TPSA) is 17.1 Å². The van der Waals surface area contributed by atoms with Gasteiger partial charge in [-0.1, -0.05) is 19.9 Å². The van der Waals surface area contributed by atoms with Crippen LogP contribution in [0.5, 0.6) is 0 Å². The normalized spacial score (nSPS) is 36.2. The average Bonchev–Trinajstić information content (AvgIpc) is 2.72. The molecular weight excluding hydrogens is 160 g/mol. The number of carbonyl (C=O) groups is 1. The summed E-state index contributed by atoms with van der Waals surface area (Å²) < 4.78 is 0. The molecule has 0 heterocycles. The van der Waals surface area contributed by atoms with E-state index in [2.05, 4.69) is 19.9 Å². The predicted molar refractivity (Wildman–Crippen MR) is 53.4 cm³/mol. The van der Waals surface area contributed by atoms with Crippen LogP contribution in [0.25, 0.3) is 0 Å². The van der Waals surface area contributed by atoms with Crippen molar-refractivity contribution in [2.24, 2.45) is 17.8 Å². The molecule has 0 saturated heterocycles. The van der Waals surface area contributed by atoms with E-state index in [0.29, 0.717) is 5.78 Å². The summed E-state index contributed by atoms with van der Waals surface area (Å²) in [6.07, 6.45) is 6.50. The third-order valence-electron chi connectivity index (χ3n) is 3.37. The van der Waals surface area contributed by atoms with Gasteiger partial charge in [0.05, 0.1) is 0 Å². The van der Waals surface area contributed by atoms with E-state index in [1.165, 1.54) is 6.42 Å². The summed E-state index contributed by atoms with van der Waals surface area (Å²) in [5, 5.41) is 0. The standard InChI is InChI=1S/C12H18O/c1-8(2)11-7-10(11)6-9-4-3-5-12(9)13/h6,8,10-11H,3-5,7H2,1-2H3/b9-6+. The van der Waals surface area contributed by atoms with Gasteiger partial charge >= 0.3 is 0 Å². The number of allylic oxidation sites excluding steroid dienone is 2. The van der Waals surface area contributed by atoms with Crippen molar-refractivity contribution in [3.8, 4) is 0 Å². The van der Waals surface area contributed by atoms with Crippen LogP contribution in [-0.4, -0.2) is 5.78 Å². The Morgan fingerprint density at radius 3 is 2.62 bits per heavy atom. The maximum atomic E-state index is 11.3. The molecule has 0 aromatic heterocycles. The summed E-state index contributed by atoms with van der Waals surface area (Å²) in [6, 6.07) is 0. The first-order valence-corrected chi connectivity index (χ1v) is 5.42. The van der Waals surface area contributed by atoms with Gasteiger partial charge in [0, 0.05) is 6.42 Å². The van der Waals surface area contributed by atoms with Gasteiger partial charge in [-0.3, -0.25) is 4.79 Å². The second-order valence-corrected chi connectivity index (χ2v) is 4.78. The van der Waals surface area contributed by atoms with Crippen molar-refractivity contribution < 1.29 is 4.79 Å². The van der Waals surface area contributed by atoms with Crippen LogP contribution in [0.4, 0.5) is 0 Å². The number of ketones is 1. The lowest BCUT2D eigenvalue weighted by Gasteiger charge is -2.00. The number of carbonyl (C=O) groups excluding carboxylic acids is 1. The minimum Gasteiger partial charge on any atom is -0.295 e. The summed E-state index contributed by atoms with van der Waals surface area (Å²) in [6.45, 7) is 4.55. The Kier molecular flexibility index (Phi) is 2.27. The maximum absolute atomic E-state index is 11.3. The molecule has 2 rings (SSSR count). The molecule has 2 unspecified atom stereocenters. The smallest absolute Gasteiger partial charge is 0.158 e. The van der Waals surface area contributed by atoms with Gasteiger partial charge in [-0.25, -0.2) is 0 Å². The molecule has 0 aliphatic heterocycles. The first-order valence-electron chi connectivity index (χ1n) is 5.42. The minimum atomic E-state index is 0.411. The first kappa shape index (κ1) is 8.98. The van der Waals surface area contributed by atoms with Crippen molar-refractivity contribution in [1.29, 1.82) is 0 Å². The van der Waals surface area contributed by atoms with E-state index < -0.39 is 0 Å². The second kappa shape index (κ2) is 3.28. The molecule has 72 valence electrons. The molecule has 0 aromatic carbocycles. The Labute approximate surface area is 80.2 Å². The van der Waals surface area contributed by atoms with Gasteiger partial charge in [0.1, 0.15) is 0 Å². The molecule has 1 nitrogen and oxygen atoms in total. The highest BCUT2D eigenvalue weighted by Gasteiger charge is 2.38. The molecular formula is C12H18O. The summed E-state index contributed by atoms with van der Waals surface area (Å²) in [5.74, 6) is 2.80. The molecule has 1 heteroatoms. The van der Waals surface area contributed by atoms with E-state index in [0.717, 1.165) is 42.6 Å². The third kappa shape index (κ3) is 1.84. The van der Waals surface area contributed by atoms with E-state index in [1.54, 1.807) is 0 Å². The Morgan fingerprint density at radius 1 is 1.38 bits per heavy atom. The summed E-state index contributed by atoms with van der Waals surface area (Å²) >= 11 is 0. The van der Waals surface area contributed by atoms with Crippen LogP contribution in [-0.2, 0) is 4.79 Å². The second-order valence-electron chi connectivity index (χ2n) is 4.78. The van der Waals surface area contributed by atoms with Gasteiger partial charge in [-0.05, 0) is 42.6 Å². The monoisotopic (exact) mass is 178 g/mol. The van der Waals surface area contributed by atoms with Gasteiger partial charge in [0.2, 0.25) is 0 Å². The van der Waals surface area contributed by atoms with Gasteiger partial charge < -0.3 is 0 Å². The van der Waals surface area contributed by atoms with Crippen LogP contribution in [0.3, 0.4) is 0 Å². The summed E-state index contributed by atoms with van der Waals surface area (Å²) in [4.78, 5) is 11.3. The van der Waals surface area contributed by atoms with Gasteiger partial charge in [0.15, 0.2) is 5.78 Å². The largest absolute Gasteiger partial charge is 0.295 e. The van der Waals surface area contributed by atoms with Gasteiger partial charge in [0.25, 0.3) is 0 Å². The first-order chi connectivity index (χ1) is 6.18. The minimum absolute atomic E-state index is 0.411. The molecule has 2 fully saturated rings. The van der Waals surface area contributed by atoms with Crippen molar-refractivity contribution in [3.05, 3.63) is 11.6 Å². The summed E-state index contributed by atoms with van der Waals surface area (Å²) in [5.41, 5.74) is 1.13. The maximum Gasteiger partial charge on any atom is 0.158 e. The van der Waals surface area contributed by atoms with Crippen LogP contribution < -0.4 is 0 Å². The molecule has 0 N–H and O–H groups in total. The highest BCUT2D eigenvalue weighted by Crippen LogP contribution is 2.46. The summed E-state index contributed by atoms with van der Waals surface area (Å²) in [7, 11) is 0. The van der Waals surface area contributed by atoms with E-state index >= 15 is 0 Å².